The molecule has 5 N–H and O–H groups in total. The van der Waals surface area contributed by atoms with Crippen molar-refractivity contribution < 1.29 is 25.2 Å². The molecule has 104 valence electrons. The van der Waals surface area contributed by atoms with E-state index in [0.717, 1.165) is 0 Å². The summed E-state index contributed by atoms with van der Waals surface area (Å²) in [7, 11) is 1.73. The van der Waals surface area contributed by atoms with E-state index in [0.29, 0.717) is 26.2 Å². The molecule has 17 heavy (non-hydrogen) atoms. The minimum absolute atomic E-state index is 0.0694. The van der Waals surface area contributed by atoms with Crippen LogP contribution in [0.5, 0.6) is 0 Å². The van der Waals surface area contributed by atoms with E-state index < -0.39 is 5.97 Å². The summed E-state index contributed by atoms with van der Waals surface area (Å²) in [4.78, 5) is 11.5. The third-order valence-corrected chi connectivity index (χ3v) is 1.84. The monoisotopic (exact) mass is 252 g/mol. The standard InChI is InChI=1S/C6H15NO3.C4H9NO2/c8-4-1-7(2-5-9)3-6-10;1-5-3-2-4(6)7/h8-10H,1-6H2;5H,2-3H2,1H3,(H,6,7). The number of carbonyl (C=O) groups is 1. The average Bonchev–Trinajstić information content (AvgIpc) is 2.28. The van der Waals surface area contributed by atoms with Gasteiger partial charge in [-0.2, -0.15) is 0 Å². The van der Waals surface area contributed by atoms with Gasteiger partial charge < -0.3 is 25.7 Å². The molecule has 0 radical (unpaired) electrons. The number of carboxylic acids is 1. The third kappa shape index (κ3) is 17.9. The van der Waals surface area contributed by atoms with E-state index >= 15 is 0 Å². The third-order valence-electron chi connectivity index (χ3n) is 1.84. The maximum Gasteiger partial charge on any atom is 0.304 e. The van der Waals surface area contributed by atoms with Gasteiger partial charge in [-0.05, 0) is 7.05 Å². The second-order valence-electron chi connectivity index (χ2n) is 3.26. The topological polar surface area (TPSA) is 113 Å². The van der Waals surface area contributed by atoms with E-state index in [4.69, 9.17) is 20.4 Å². The van der Waals surface area contributed by atoms with Crippen LogP contribution < -0.4 is 5.32 Å². The highest BCUT2D eigenvalue weighted by Crippen LogP contribution is 1.84. The lowest BCUT2D eigenvalue weighted by molar-refractivity contribution is -0.136. The number of carboxylic acid groups (broad SMARTS) is 1. The van der Waals surface area contributed by atoms with Crippen molar-refractivity contribution >= 4 is 5.97 Å². The molecule has 0 saturated heterocycles. The lowest BCUT2D eigenvalue weighted by Crippen LogP contribution is -2.32. The van der Waals surface area contributed by atoms with Crippen LogP contribution in [0.25, 0.3) is 0 Å². The van der Waals surface area contributed by atoms with Crippen LogP contribution in [-0.2, 0) is 4.79 Å². The number of aliphatic hydroxyl groups excluding tert-OH is 3. The molecule has 7 nitrogen and oxygen atoms in total. The Hall–Kier alpha value is -0.730. The number of hydrogen-bond acceptors (Lipinski definition) is 6. The van der Waals surface area contributed by atoms with E-state index in [9.17, 15) is 4.79 Å². The van der Waals surface area contributed by atoms with Crippen LogP contribution in [-0.4, -0.2) is 84.3 Å². The maximum absolute atomic E-state index is 9.72. The first-order valence-electron chi connectivity index (χ1n) is 5.53. The minimum Gasteiger partial charge on any atom is -0.481 e. The molecule has 0 bridgehead atoms. The van der Waals surface area contributed by atoms with Crippen molar-refractivity contribution in [2.24, 2.45) is 0 Å². The molecule has 0 rings (SSSR count). The lowest BCUT2D eigenvalue weighted by atomic mass is 10.4. The van der Waals surface area contributed by atoms with Gasteiger partial charge in [0.2, 0.25) is 0 Å². The maximum atomic E-state index is 9.72. The zero-order valence-corrected chi connectivity index (χ0v) is 10.3. The largest absolute Gasteiger partial charge is 0.481 e. The van der Waals surface area contributed by atoms with Crippen LogP contribution in [0.3, 0.4) is 0 Å². The van der Waals surface area contributed by atoms with E-state index in [2.05, 4.69) is 5.32 Å². The number of nitrogens with zero attached hydrogens (tertiary/aromatic N) is 1. The summed E-state index contributed by atoms with van der Waals surface area (Å²) in [5.74, 6) is -0.755. The van der Waals surface area contributed by atoms with Gasteiger partial charge in [-0.25, -0.2) is 0 Å². The second kappa shape index (κ2) is 15.3. The van der Waals surface area contributed by atoms with E-state index in [-0.39, 0.29) is 26.2 Å². The molecule has 0 atom stereocenters. The second-order valence-corrected chi connectivity index (χ2v) is 3.26. The van der Waals surface area contributed by atoms with Gasteiger partial charge in [0, 0.05) is 26.2 Å². The molecule has 0 aliphatic heterocycles. The van der Waals surface area contributed by atoms with Crippen molar-refractivity contribution in [1.29, 1.82) is 0 Å². The molecule has 0 saturated carbocycles. The molecule has 0 aromatic carbocycles. The molecule has 0 aliphatic carbocycles. The molecule has 0 fully saturated rings. The molecule has 0 aliphatic rings. The predicted molar refractivity (Wildman–Crippen MR) is 63.9 cm³/mol. The van der Waals surface area contributed by atoms with Gasteiger partial charge in [-0.1, -0.05) is 0 Å². The molecule has 0 heterocycles. The van der Waals surface area contributed by atoms with Crippen molar-refractivity contribution in [2.45, 2.75) is 6.42 Å². The van der Waals surface area contributed by atoms with Crippen LogP contribution in [0, 0.1) is 0 Å². The van der Waals surface area contributed by atoms with Gasteiger partial charge >= 0.3 is 5.97 Å². The highest BCUT2D eigenvalue weighted by Gasteiger charge is 2.00. The first-order valence-corrected chi connectivity index (χ1v) is 5.53. The van der Waals surface area contributed by atoms with Crippen molar-refractivity contribution in [3.05, 3.63) is 0 Å². The van der Waals surface area contributed by atoms with Gasteiger partial charge in [0.1, 0.15) is 0 Å². The molecular formula is C10H24N2O5. The Morgan fingerprint density at radius 2 is 1.47 bits per heavy atom. The van der Waals surface area contributed by atoms with Crippen LogP contribution in [0.15, 0.2) is 0 Å². The SMILES string of the molecule is CNCCC(=O)O.OCCN(CCO)CCO. The Morgan fingerprint density at radius 3 is 1.65 bits per heavy atom. The Morgan fingerprint density at radius 1 is 1.06 bits per heavy atom. The normalized spacial score (nSPS) is 9.94. The van der Waals surface area contributed by atoms with Gasteiger partial charge in [0.15, 0.2) is 0 Å². The summed E-state index contributed by atoms with van der Waals surface area (Å²) < 4.78 is 0. The average molecular weight is 252 g/mol. The lowest BCUT2D eigenvalue weighted by Gasteiger charge is -2.17. The van der Waals surface area contributed by atoms with Crippen molar-refractivity contribution in [1.82, 2.24) is 10.2 Å². The van der Waals surface area contributed by atoms with E-state index in [1.165, 1.54) is 0 Å². The fraction of sp³-hybridized carbons (Fsp3) is 0.900. The predicted octanol–water partition coefficient (Wildman–Crippen LogP) is -2.05. The molecule has 7 heteroatoms. The molecule has 0 aromatic rings. The smallest absolute Gasteiger partial charge is 0.304 e. The van der Waals surface area contributed by atoms with Crippen molar-refractivity contribution in [2.75, 3.05) is 53.0 Å². The fourth-order valence-electron chi connectivity index (χ4n) is 0.992. The highest BCUT2D eigenvalue weighted by atomic mass is 16.4. The van der Waals surface area contributed by atoms with Gasteiger partial charge in [-0.3, -0.25) is 9.69 Å². The highest BCUT2D eigenvalue weighted by molar-refractivity contribution is 5.66. The molecular weight excluding hydrogens is 228 g/mol. The Balaban J connectivity index is 0. The summed E-state index contributed by atoms with van der Waals surface area (Å²) in [6.45, 7) is 2.30. The Bertz CT molecular complexity index is 155. The number of aliphatic hydroxyl groups is 3. The summed E-state index contributed by atoms with van der Waals surface area (Å²) >= 11 is 0. The van der Waals surface area contributed by atoms with Gasteiger partial charge in [0.25, 0.3) is 0 Å². The Kier molecular flexibility index (Phi) is 16.7. The molecule has 0 aromatic heterocycles. The zero-order valence-electron chi connectivity index (χ0n) is 10.3. The van der Waals surface area contributed by atoms with Crippen LogP contribution in [0.4, 0.5) is 0 Å². The number of nitrogens with one attached hydrogen (secondary N) is 1. The first kappa shape index (κ1) is 18.6. The molecule has 0 spiro atoms. The van der Waals surface area contributed by atoms with Crippen molar-refractivity contribution in [3.8, 4) is 0 Å². The minimum atomic E-state index is -0.755. The van der Waals surface area contributed by atoms with E-state index in [1.54, 1.807) is 11.9 Å². The number of rotatable bonds is 9. The van der Waals surface area contributed by atoms with Crippen LogP contribution >= 0.6 is 0 Å². The number of aliphatic carboxylic acids is 1. The summed E-state index contributed by atoms with van der Waals surface area (Å²) in [6.07, 6.45) is 0.205. The summed E-state index contributed by atoms with van der Waals surface area (Å²) in [5, 5.41) is 36.2. The Labute approximate surface area is 102 Å². The first-order chi connectivity index (χ1) is 8.12. The zero-order chi connectivity index (χ0) is 13.5. The van der Waals surface area contributed by atoms with Crippen LogP contribution in [0.1, 0.15) is 6.42 Å². The fourth-order valence-corrected chi connectivity index (χ4v) is 0.992. The molecule has 0 amide bonds. The van der Waals surface area contributed by atoms with Gasteiger partial charge in [0.05, 0.1) is 26.2 Å². The van der Waals surface area contributed by atoms with Crippen molar-refractivity contribution in [3.63, 3.8) is 0 Å². The summed E-state index contributed by atoms with van der Waals surface area (Å²) in [6, 6.07) is 0. The number of hydrogen-bond donors (Lipinski definition) is 5. The van der Waals surface area contributed by atoms with Crippen LogP contribution in [0.2, 0.25) is 0 Å². The summed E-state index contributed by atoms with van der Waals surface area (Å²) in [5.41, 5.74) is 0. The quantitative estimate of drug-likeness (QED) is 0.321. The van der Waals surface area contributed by atoms with E-state index in [1.807, 2.05) is 0 Å². The molecule has 0 unspecified atom stereocenters. The van der Waals surface area contributed by atoms with Gasteiger partial charge in [-0.15, -0.1) is 0 Å².